The van der Waals surface area contributed by atoms with Crippen LogP contribution < -0.4 is 11.1 Å². The highest BCUT2D eigenvalue weighted by atomic mass is 16.1. The van der Waals surface area contributed by atoms with Crippen molar-refractivity contribution in [3.63, 3.8) is 0 Å². The molecule has 0 spiro atoms. The molecule has 2 rings (SSSR count). The van der Waals surface area contributed by atoms with Crippen molar-refractivity contribution in [2.45, 2.75) is 51.5 Å². The summed E-state index contributed by atoms with van der Waals surface area (Å²) in [6.45, 7) is 4.65. The van der Waals surface area contributed by atoms with Gasteiger partial charge >= 0.3 is 0 Å². The molecule has 1 fully saturated rings. The van der Waals surface area contributed by atoms with Crippen LogP contribution in [-0.4, -0.2) is 18.0 Å². The quantitative estimate of drug-likeness (QED) is 0.872. The molecule has 1 aromatic rings. The molecule has 19 heavy (non-hydrogen) atoms. The average molecular weight is 260 g/mol. The SMILES string of the molecule is Cc1ccc(C)c(CC(=O)NC2(CN)CCCC2)c1. The smallest absolute Gasteiger partial charge is 0.224 e. The molecule has 0 radical (unpaired) electrons. The van der Waals surface area contributed by atoms with Crippen LogP contribution in [0.25, 0.3) is 0 Å². The molecular formula is C16H24N2O. The van der Waals surface area contributed by atoms with E-state index in [0.29, 0.717) is 13.0 Å². The fraction of sp³-hybridized carbons (Fsp3) is 0.562. The number of carbonyl (C=O) groups is 1. The Kier molecular flexibility index (Phi) is 4.25. The molecule has 1 aliphatic rings. The van der Waals surface area contributed by atoms with Crippen molar-refractivity contribution in [1.82, 2.24) is 5.32 Å². The van der Waals surface area contributed by atoms with E-state index in [-0.39, 0.29) is 11.4 Å². The summed E-state index contributed by atoms with van der Waals surface area (Å²) in [7, 11) is 0. The lowest BCUT2D eigenvalue weighted by Crippen LogP contribution is -2.52. The molecular weight excluding hydrogens is 236 g/mol. The largest absolute Gasteiger partial charge is 0.349 e. The lowest BCUT2D eigenvalue weighted by molar-refractivity contribution is -0.122. The van der Waals surface area contributed by atoms with E-state index in [1.807, 2.05) is 0 Å². The second kappa shape index (κ2) is 5.74. The highest BCUT2D eigenvalue weighted by molar-refractivity contribution is 5.79. The van der Waals surface area contributed by atoms with Gasteiger partial charge in [0.05, 0.1) is 12.0 Å². The number of nitrogens with two attached hydrogens (primary N) is 1. The van der Waals surface area contributed by atoms with Crippen molar-refractivity contribution in [3.8, 4) is 0 Å². The fourth-order valence-electron chi connectivity index (χ4n) is 2.94. The second-order valence-corrected chi connectivity index (χ2v) is 5.85. The Morgan fingerprint density at radius 1 is 1.32 bits per heavy atom. The molecule has 1 aliphatic carbocycles. The van der Waals surface area contributed by atoms with E-state index < -0.39 is 0 Å². The standard InChI is InChI=1S/C16H24N2O/c1-12-5-6-13(2)14(9-12)10-15(19)18-16(11-17)7-3-4-8-16/h5-6,9H,3-4,7-8,10-11,17H2,1-2H3,(H,18,19). The van der Waals surface area contributed by atoms with Gasteiger partial charge in [-0.3, -0.25) is 4.79 Å². The summed E-state index contributed by atoms with van der Waals surface area (Å²) >= 11 is 0. The number of carbonyl (C=O) groups excluding carboxylic acids is 1. The summed E-state index contributed by atoms with van der Waals surface area (Å²) in [6.07, 6.45) is 4.82. The summed E-state index contributed by atoms with van der Waals surface area (Å²) in [5.41, 5.74) is 9.19. The maximum absolute atomic E-state index is 12.2. The molecule has 1 amide bonds. The summed E-state index contributed by atoms with van der Waals surface area (Å²) in [4.78, 5) is 12.2. The average Bonchev–Trinajstić information content (AvgIpc) is 2.83. The van der Waals surface area contributed by atoms with Gasteiger partial charge in [-0.25, -0.2) is 0 Å². The summed E-state index contributed by atoms with van der Waals surface area (Å²) < 4.78 is 0. The predicted octanol–water partition coefficient (Wildman–Crippen LogP) is 2.23. The molecule has 0 unspecified atom stereocenters. The number of benzene rings is 1. The predicted molar refractivity (Wildman–Crippen MR) is 78.0 cm³/mol. The van der Waals surface area contributed by atoms with Crippen molar-refractivity contribution < 1.29 is 4.79 Å². The van der Waals surface area contributed by atoms with Crippen molar-refractivity contribution in [2.24, 2.45) is 5.73 Å². The number of aryl methyl sites for hydroxylation is 2. The summed E-state index contributed by atoms with van der Waals surface area (Å²) in [5.74, 6) is 0.0982. The van der Waals surface area contributed by atoms with Gasteiger partial charge in [-0.05, 0) is 37.8 Å². The van der Waals surface area contributed by atoms with Gasteiger partial charge in [-0.15, -0.1) is 0 Å². The van der Waals surface area contributed by atoms with Gasteiger partial charge in [0.25, 0.3) is 0 Å². The van der Waals surface area contributed by atoms with Gasteiger partial charge in [-0.1, -0.05) is 36.6 Å². The Hall–Kier alpha value is -1.35. The van der Waals surface area contributed by atoms with E-state index in [9.17, 15) is 4.79 Å². The Morgan fingerprint density at radius 3 is 2.63 bits per heavy atom. The zero-order chi connectivity index (χ0) is 13.9. The molecule has 3 nitrogen and oxygen atoms in total. The van der Waals surface area contributed by atoms with E-state index in [0.717, 1.165) is 18.4 Å². The third-order valence-corrected chi connectivity index (χ3v) is 4.21. The van der Waals surface area contributed by atoms with Crippen LogP contribution in [0.15, 0.2) is 18.2 Å². The molecule has 1 saturated carbocycles. The number of hydrogen-bond acceptors (Lipinski definition) is 2. The van der Waals surface area contributed by atoms with Crippen LogP contribution in [0.3, 0.4) is 0 Å². The van der Waals surface area contributed by atoms with Crippen molar-refractivity contribution in [2.75, 3.05) is 6.54 Å². The van der Waals surface area contributed by atoms with Crippen LogP contribution >= 0.6 is 0 Å². The third-order valence-electron chi connectivity index (χ3n) is 4.21. The van der Waals surface area contributed by atoms with E-state index >= 15 is 0 Å². The van der Waals surface area contributed by atoms with Crippen LogP contribution in [-0.2, 0) is 11.2 Å². The van der Waals surface area contributed by atoms with Gasteiger partial charge in [0.1, 0.15) is 0 Å². The second-order valence-electron chi connectivity index (χ2n) is 5.85. The van der Waals surface area contributed by atoms with Crippen LogP contribution in [0.2, 0.25) is 0 Å². The molecule has 0 aromatic heterocycles. The number of rotatable bonds is 4. The molecule has 1 aromatic carbocycles. The maximum atomic E-state index is 12.2. The molecule has 3 N–H and O–H groups in total. The lowest BCUT2D eigenvalue weighted by atomic mass is 9.96. The van der Waals surface area contributed by atoms with Crippen LogP contribution in [0, 0.1) is 13.8 Å². The zero-order valence-electron chi connectivity index (χ0n) is 12.0. The Bertz CT molecular complexity index is 462. The minimum Gasteiger partial charge on any atom is -0.349 e. The maximum Gasteiger partial charge on any atom is 0.224 e. The minimum atomic E-state index is -0.144. The number of amides is 1. The van der Waals surface area contributed by atoms with Gasteiger partial charge in [0.2, 0.25) is 5.91 Å². The van der Waals surface area contributed by atoms with Crippen molar-refractivity contribution in [1.29, 1.82) is 0 Å². The highest BCUT2D eigenvalue weighted by Crippen LogP contribution is 2.28. The van der Waals surface area contributed by atoms with Crippen molar-refractivity contribution >= 4 is 5.91 Å². The van der Waals surface area contributed by atoms with Crippen molar-refractivity contribution in [3.05, 3.63) is 34.9 Å². The van der Waals surface area contributed by atoms with Gasteiger partial charge in [0, 0.05) is 6.54 Å². The molecule has 104 valence electrons. The molecule has 0 saturated heterocycles. The molecule has 0 aliphatic heterocycles. The van der Waals surface area contributed by atoms with E-state index in [1.54, 1.807) is 0 Å². The summed E-state index contributed by atoms with van der Waals surface area (Å²) in [5, 5.41) is 3.17. The van der Waals surface area contributed by atoms with E-state index in [4.69, 9.17) is 5.73 Å². The van der Waals surface area contributed by atoms with Crippen LogP contribution in [0.5, 0.6) is 0 Å². The van der Waals surface area contributed by atoms with E-state index in [1.165, 1.54) is 24.0 Å². The highest BCUT2D eigenvalue weighted by Gasteiger charge is 2.33. The number of hydrogen-bond donors (Lipinski definition) is 2. The van der Waals surface area contributed by atoms with Gasteiger partial charge in [0.15, 0.2) is 0 Å². The first kappa shape index (κ1) is 14.1. The van der Waals surface area contributed by atoms with Crippen LogP contribution in [0.1, 0.15) is 42.4 Å². The monoisotopic (exact) mass is 260 g/mol. The van der Waals surface area contributed by atoms with E-state index in [2.05, 4.69) is 37.4 Å². The molecule has 0 bridgehead atoms. The molecule has 3 heteroatoms. The normalized spacial score (nSPS) is 17.4. The minimum absolute atomic E-state index is 0.0982. The fourth-order valence-corrected chi connectivity index (χ4v) is 2.94. The topological polar surface area (TPSA) is 55.1 Å². The zero-order valence-corrected chi connectivity index (χ0v) is 12.0. The first-order valence-electron chi connectivity index (χ1n) is 7.12. The molecule has 0 heterocycles. The van der Waals surface area contributed by atoms with Crippen LogP contribution in [0.4, 0.5) is 0 Å². The first-order chi connectivity index (χ1) is 9.04. The lowest BCUT2D eigenvalue weighted by Gasteiger charge is -2.28. The Labute approximate surface area is 115 Å². The number of nitrogens with one attached hydrogen (secondary N) is 1. The van der Waals surface area contributed by atoms with Gasteiger partial charge in [-0.2, -0.15) is 0 Å². The summed E-state index contributed by atoms with van der Waals surface area (Å²) in [6, 6.07) is 6.25. The Morgan fingerprint density at radius 2 is 2.00 bits per heavy atom. The molecule has 0 atom stereocenters. The van der Waals surface area contributed by atoms with Gasteiger partial charge < -0.3 is 11.1 Å². The first-order valence-corrected chi connectivity index (χ1v) is 7.12. The Balaban J connectivity index is 2.03. The third kappa shape index (κ3) is 3.35.